The molecule has 0 aliphatic carbocycles. The lowest BCUT2D eigenvalue weighted by Gasteiger charge is -2.37. The van der Waals surface area contributed by atoms with Gasteiger partial charge in [0.25, 0.3) is 5.91 Å². The van der Waals surface area contributed by atoms with E-state index in [4.69, 9.17) is 4.74 Å². The fourth-order valence-electron chi connectivity index (χ4n) is 4.87. The smallest absolute Gasteiger partial charge is 0.260 e. The number of amides is 2. The summed E-state index contributed by atoms with van der Waals surface area (Å²) in [7, 11) is 1.87. The van der Waals surface area contributed by atoms with Crippen molar-refractivity contribution in [2.24, 2.45) is 12.5 Å². The van der Waals surface area contributed by atoms with E-state index in [1.54, 1.807) is 33.9 Å². The van der Waals surface area contributed by atoms with Crippen molar-refractivity contribution in [2.75, 3.05) is 32.8 Å². The van der Waals surface area contributed by atoms with Gasteiger partial charge < -0.3 is 20.7 Å². The van der Waals surface area contributed by atoms with E-state index in [-0.39, 0.29) is 23.3 Å². The van der Waals surface area contributed by atoms with E-state index in [0.717, 1.165) is 48.0 Å². The van der Waals surface area contributed by atoms with Gasteiger partial charge in [0.05, 0.1) is 54.3 Å². The summed E-state index contributed by atoms with van der Waals surface area (Å²) in [6, 6.07) is -0.119. The van der Waals surface area contributed by atoms with Crippen molar-refractivity contribution in [1.82, 2.24) is 40.2 Å². The number of carbonyl (C=O) groups is 2. The number of rotatable bonds is 6. The number of allylic oxidation sites excluding steroid dienone is 1. The highest BCUT2D eigenvalue weighted by Gasteiger charge is 2.44. The Morgan fingerprint density at radius 2 is 2.11 bits per heavy atom. The molecule has 12 heteroatoms. The van der Waals surface area contributed by atoms with Crippen LogP contribution in [0.25, 0.3) is 15.3 Å². The van der Waals surface area contributed by atoms with Gasteiger partial charge in [-0.25, -0.2) is 4.52 Å². The minimum Gasteiger partial charge on any atom is -0.381 e. The molecular weight excluding hydrogens is 480 g/mol. The molecule has 3 aromatic heterocycles. The Balaban J connectivity index is 1.11. The highest BCUT2D eigenvalue weighted by Crippen LogP contribution is 2.37. The van der Waals surface area contributed by atoms with Crippen LogP contribution in [0.2, 0.25) is 0 Å². The number of thiazole rings is 1. The topological polar surface area (TPSA) is 118 Å². The molecule has 0 aromatic carbocycles. The molecular formula is C24H28N8O3S. The minimum absolute atomic E-state index is 0.0725. The largest absolute Gasteiger partial charge is 0.381 e. The minimum atomic E-state index is -0.248. The zero-order chi connectivity index (χ0) is 24.9. The second kappa shape index (κ2) is 8.87. The van der Waals surface area contributed by atoms with Crippen molar-refractivity contribution in [2.45, 2.75) is 19.4 Å². The number of nitrogens with one attached hydrogen (secondary N) is 3. The Bertz CT molecular complexity index is 1400. The molecule has 6 heterocycles. The van der Waals surface area contributed by atoms with Crippen LogP contribution in [0.15, 0.2) is 48.5 Å². The van der Waals surface area contributed by atoms with Crippen LogP contribution in [-0.2, 0) is 16.6 Å². The zero-order valence-electron chi connectivity index (χ0n) is 20.2. The summed E-state index contributed by atoms with van der Waals surface area (Å²) in [6.45, 7) is 5.69. The lowest BCUT2D eigenvalue weighted by molar-refractivity contribution is -0.123. The van der Waals surface area contributed by atoms with E-state index in [1.165, 1.54) is 11.3 Å². The third kappa shape index (κ3) is 4.31. The quantitative estimate of drug-likeness (QED) is 0.456. The summed E-state index contributed by atoms with van der Waals surface area (Å²) in [5.74, 6) is -0.321. The van der Waals surface area contributed by atoms with Gasteiger partial charge in [-0.05, 0) is 26.0 Å². The maximum Gasteiger partial charge on any atom is 0.260 e. The van der Waals surface area contributed by atoms with E-state index in [2.05, 4.69) is 31.0 Å². The van der Waals surface area contributed by atoms with Gasteiger partial charge in [0.1, 0.15) is 4.83 Å². The number of aromatic nitrogens is 4. The molecule has 0 radical (unpaired) electrons. The summed E-state index contributed by atoms with van der Waals surface area (Å²) in [4.78, 5) is 29.7. The van der Waals surface area contributed by atoms with Crippen LogP contribution in [0, 0.1) is 5.41 Å². The predicted molar refractivity (Wildman–Crippen MR) is 134 cm³/mol. The molecule has 3 N–H and O–H groups in total. The maximum atomic E-state index is 13.2. The van der Waals surface area contributed by atoms with Crippen molar-refractivity contribution in [3.63, 3.8) is 0 Å². The first-order chi connectivity index (χ1) is 17.4. The second-order valence-electron chi connectivity index (χ2n) is 9.85. The Labute approximate surface area is 211 Å². The van der Waals surface area contributed by atoms with Gasteiger partial charge in [-0.2, -0.15) is 10.2 Å². The van der Waals surface area contributed by atoms with E-state index in [0.29, 0.717) is 23.5 Å². The molecule has 2 amide bonds. The number of aryl methyl sites for hydroxylation is 1. The molecule has 6 rings (SSSR count). The Kier molecular flexibility index (Phi) is 5.66. The fourth-order valence-corrected chi connectivity index (χ4v) is 5.90. The normalized spacial score (nSPS) is 21.1. The van der Waals surface area contributed by atoms with E-state index in [1.807, 2.05) is 26.4 Å². The molecule has 0 bridgehead atoms. The Hall–Kier alpha value is -3.48. The van der Waals surface area contributed by atoms with Crippen LogP contribution in [0.5, 0.6) is 0 Å². The maximum absolute atomic E-state index is 13.2. The third-order valence-electron chi connectivity index (χ3n) is 6.94. The SMILES string of the molecule is CC1NC=C(NC(=O)CN2CCC3(COC3)C2)C=C1NC(=O)c1cnn2cc(-c3cnn(C)c3)sc12. The number of ether oxygens (including phenoxy) is 1. The third-order valence-corrected chi connectivity index (χ3v) is 8.10. The van der Waals surface area contributed by atoms with Gasteiger partial charge in [-0.1, -0.05) is 0 Å². The fraction of sp³-hybridized carbons (Fsp3) is 0.417. The molecule has 1 unspecified atom stereocenters. The predicted octanol–water partition coefficient (Wildman–Crippen LogP) is 1.08. The summed E-state index contributed by atoms with van der Waals surface area (Å²) in [6.07, 6.45) is 11.8. The first kappa shape index (κ1) is 23.0. The number of hydrogen-bond acceptors (Lipinski definition) is 8. The highest BCUT2D eigenvalue weighted by atomic mass is 32.1. The summed E-state index contributed by atoms with van der Waals surface area (Å²) >= 11 is 1.49. The lowest BCUT2D eigenvalue weighted by atomic mass is 9.85. The van der Waals surface area contributed by atoms with Crippen molar-refractivity contribution < 1.29 is 14.3 Å². The first-order valence-electron chi connectivity index (χ1n) is 11.9. The molecule has 2 saturated heterocycles. The van der Waals surface area contributed by atoms with Crippen molar-refractivity contribution in [1.29, 1.82) is 0 Å². The van der Waals surface area contributed by atoms with Crippen LogP contribution < -0.4 is 16.0 Å². The van der Waals surface area contributed by atoms with Gasteiger partial charge in [0, 0.05) is 48.9 Å². The average molecular weight is 509 g/mol. The zero-order valence-corrected chi connectivity index (χ0v) is 21.0. The van der Waals surface area contributed by atoms with Gasteiger partial charge >= 0.3 is 0 Å². The number of fused-ring (bicyclic) bond motifs is 1. The second-order valence-corrected chi connectivity index (χ2v) is 10.9. The first-order valence-corrected chi connectivity index (χ1v) is 12.7. The average Bonchev–Trinajstić information content (AvgIpc) is 3.58. The molecule has 36 heavy (non-hydrogen) atoms. The monoisotopic (exact) mass is 508 g/mol. The number of dihydropyridines is 1. The van der Waals surface area contributed by atoms with Gasteiger partial charge in [0.2, 0.25) is 5.91 Å². The molecule has 1 atom stereocenters. The number of hydrogen-bond donors (Lipinski definition) is 3. The van der Waals surface area contributed by atoms with E-state index < -0.39 is 0 Å². The number of carbonyl (C=O) groups excluding carboxylic acids is 2. The summed E-state index contributed by atoms with van der Waals surface area (Å²) in [5, 5.41) is 17.7. The van der Waals surface area contributed by atoms with Gasteiger partial charge in [0.15, 0.2) is 0 Å². The molecule has 0 saturated carbocycles. The summed E-state index contributed by atoms with van der Waals surface area (Å²) < 4.78 is 8.82. The number of nitrogens with zero attached hydrogens (tertiary/aromatic N) is 5. The molecule has 3 aliphatic rings. The van der Waals surface area contributed by atoms with Crippen LogP contribution in [0.3, 0.4) is 0 Å². The molecule has 3 aromatic rings. The highest BCUT2D eigenvalue weighted by molar-refractivity contribution is 7.21. The molecule has 11 nitrogen and oxygen atoms in total. The van der Waals surface area contributed by atoms with Crippen molar-refractivity contribution >= 4 is 28.0 Å². The van der Waals surface area contributed by atoms with Crippen molar-refractivity contribution in [3.8, 4) is 10.4 Å². The Morgan fingerprint density at radius 3 is 2.83 bits per heavy atom. The molecule has 2 fully saturated rings. The van der Waals surface area contributed by atoms with Gasteiger partial charge in [-0.3, -0.25) is 19.2 Å². The van der Waals surface area contributed by atoms with Crippen LogP contribution in [-0.4, -0.2) is 75.0 Å². The molecule has 188 valence electrons. The van der Waals surface area contributed by atoms with Gasteiger partial charge in [-0.15, -0.1) is 11.3 Å². The summed E-state index contributed by atoms with van der Waals surface area (Å²) in [5.41, 5.74) is 3.01. The lowest BCUT2D eigenvalue weighted by Crippen LogP contribution is -2.46. The molecule has 1 spiro atoms. The van der Waals surface area contributed by atoms with E-state index >= 15 is 0 Å². The van der Waals surface area contributed by atoms with E-state index in [9.17, 15) is 9.59 Å². The standard InChI is InChI=1S/C24H28N8O3S/c1-15-19(5-17(7-25-15)28-21(33)11-31-4-3-24(12-31)13-35-14-24)29-22(34)18-8-27-32-10-20(36-23(18)32)16-6-26-30(2)9-16/h5-10,15,25H,3-4,11-14H2,1-2H3,(H,28,33)(H,29,34). The van der Waals surface area contributed by atoms with Crippen LogP contribution >= 0.6 is 11.3 Å². The number of likely N-dealkylation sites (tertiary alicyclic amines) is 1. The molecule has 3 aliphatic heterocycles. The Morgan fingerprint density at radius 1 is 1.25 bits per heavy atom. The van der Waals surface area contributed by atoms with Crippen molar-refractivity contribution in [3.05, 3.63) is 54.0 Å². The van der Waals surface area contributed by atoms with Crippen LogP contribution in [0.1, 0.15) is 23.7 Å². The van der Waals surface area contributed by atoms with Crippen LogP contribution in [0.4, 0.5) is 0 Å².